The van der Waals surface area contributed by atoms with Crippen LogP contribution in [0.2, 0.25) is 0 Å². The lowest BCUT2D eigenvalue weighted by molar-refractivity contribution is -0.167. The van der Waals surface area contributed by atoms with Crippen LogP contribution >= 0.6 is 11.8 Å². The highest BCUT2D eigenvalue weighted by Gasteiger charge is 2.51. The van der Waals surface area contributed by atoms with E-state index >= 15 is 0 Å². The zero-order valence-electron chi connectivity index (χ0n) is 21.0. The highest BCUT2D eigenvalue weighted by atomic mass is 32.2. The fourth-order valence-electron chi connectivity index (χ4n) is 3.62. The number of benzene rings is 2. The third-order valence-corrected chi connectivity index (χ3v) is 6.33. The van der Waals surface area contributed by atoms with Gasteiger partial charge in [-0.05, 0) is 32.0 Å². The molecule has 0 aliphatic heterocycles. The summed E-state index contributed by atoms with van der Waals surface area (Å²) in [6, 6.07) is 14.4. The van der Waals surface area contributed by atoms with E-state index in [0.29, 0.717) is 10.8 Å². The van der Waals surface area contributed by atoms with Crippen molar-refractivity contribution in [2.45, 2.75) is 49.4 Å². The van der Waals surface area contributed by atoms with Crippen molar-refractivity contribution in [1.82, 2.24) is 10.3 Å². The Morgan fingerprint density at radius 1 is 0.973 bits per heavy atom. The lowest BCUT2D eigenvalue weighted by Crippen LogP contribution is -2.62. The zero-order chi connectivity index (χ0) is 27.0. The number of hydrogen-bond acceptors (Lipinski definition) is 9. The van der Waals surface area contributed by atoms with Crippen molar-refractivity contribution in [1.29, 1.82) is 0 Å². The maximum absolute atomic E-state index is 13.5. The Bertz CT molecular complexity index is 1270. The second-order valence-corrected chi connectivity index (χ2v) is 9.12. The number of ether oxygens (including phenoxy) is 2. The molecular formula is C27H28N2O7S. The SMILES string of the molecule is CCOC(=O)C(CC(=O)c1ccccc1Sc1ccc(-c2coc(C)n2)cc1)(NC(C)=O)C(=O)OCC. The molecule has 0 aliphatic rings. The van der Waals surface area contributed by atoms with Crippen molar-refractivity contribution >= 4 is 35.4 Å². The van der Waals surface area contributed by atoms with Crippen LogP contribution in [0.15, 0.2) is 69.0 Å². The predicted octanol–water partition coefficient (Wildman–Crippen LogP) is 4.38. The molecule has 0 spiro atoms. The average Bonchev–Trinajstić information content (AvgIpc) is 3.30. The number of hydrogen-bond donors (Lipinski definition) is 1. The highest BCUT2D eigenvalue weighted by molar-refractivity contribution is 7.99. The van der Waals surface area contributed by atoms with Crippen molar-refractivity contribution in [2.75, 3.05) is 13.2 Å². The number of esters is 2. The van der Waals surface area contributed by atoms with Gasteiger partial charge >= 0.3 is 11.9 Å². The molecule has 0 atom stereocenters. The Balaban J connectivity index is 1.90. The molecule has 0 fully saturated rings. The number of rotatable bonds is 11. The quantitative estimate of drug-likeness (QED) is 0.221. The van der Waals surface area contributed by atoms with Gasteiger partial charge in [0.25, 0.3) is 0 Å². The summed E-state index contributed by atoms with van der Waals surface area (Å²) in [7, 11) is 0. The monoisotopic (exact) mass is 524 g/mol. The minimum atomic E-state index is -2.30. The summed E-state index contributed by atoms with van der Waals surface area (Å²) in [6.07, 6.45) is 0.923. The maximum atomic E-state index is 13.5. The van der Waals surface area contributed by atoms with Gasteiger partial charge in [-0.25, -0.2) is 14.6 Å². The summed E-state index contributed by atoms with van der Waals surface area (Å²) in [5, 5.41) is 2.33. The molecule has 1 heterocycles. The number of Topliss-reactive ketones (excluding diaryl/α,β-unsaturated/α-hetero) is 1. The average molecular weight is 525 g/mol. The minimum absolute atomic E-state index is 0.0515. The molecule has 37 heavy (non-hydrogen) atoms. The van der Waals surface area contributed by atoms with Crippen LogP contribution in [0.5, 0.6) is 0 Å². The van der Waals surface area contributed by atoms with Gasteiger partial charge < -0.3 is 19.2 Å². The molecule has 0 saturated carbocycles. The van der Waals surface area contributed by atoms with E-state index in [1.54, 1.807) is 51.3 Å². The number of aromatic nitrogens is 1. The van der Waals surface area contributed by atoms with Crippen LogP contribution in [0.4, 0.5) is 0 Å². The molecule has 0 bridgehead atoms. The zero-order valence-corrected chi connectivity index (χ0v) is 21.8. The first-order chi connectivity index (χ1) is 17.7. The number of nitrogens with one attached hydrogen (secondary N) is 1. The Hall–Kier alpha value is -3.92. The third-order valence-electron chi connectivity index (χ3n) is 5.25. The molecule has 9 nitrogen and oxygen atoms in total. The van der Waals surface area contributed by atoms with E-state index in [2.05, 4.69) is 10.3 Å². The molecular weight excluding hydrogens is 496 g/mol. The number of carbonyl (C=O) groups excluding carboxylic acids is 4. The smallest absolute Gasteiger partial charge is 0.344 e. The summed E-state index contributed by atoms with van der Waals surface area (Å²) in [5.41, 5.74) is -0.414. The van der Waals surface area contributed by atoms with Crippen LogP contribution < -0.4 is 5.32 Å². The second kappa shape index (κ2) is 12.4. The van der Waals surface area contributed by atoms with Gasteiger partial charge in [0, 0.05) is 34.8 Å². The lowest BCUT2D eigenvalue weighted by Gasteiger charge is -2.29. The van der Waals surface area contributed by atoms with Gasteiger partial charge in [0.1, 0.15) is 12.0 Å². The number of nitrogens with zero attached hydrogens (tertiary/aromatic N) is 1. The Morgan fingerprint density at radius 3 is 2.14 bits per heavy atom. The first kappa shape index (κ1) is 27.7. The van der Waals surface area contributed by atoms with Crippen molar-refractivity contribution < 1.29 is 33.1 Å². The number of ketones is 1. The molecule has 10 heteroatoms. The number of aryl methyl sites for hydroxylation is 1. The van der Waals surface area contributed by atoms with Crippen LogP contribution in [0, 0.1) is 6.92 Å². The normalized spacial score (nSPS) is 11.0. The fraction of sp³-hybridized carbons (Fsp3) is 0.296. The van der Waals surface area contributed by atoms with E-state index in [1.165, 1.54) is 11.8 Å². The van der Waals surface area contributed by atoms with E-state index in [1.807, 2.05) is 24.3 Å². The van der Waals surface area contributed by atoms with E-state index in [4.69, 9.17) is 13.9 Å². The third kappa shape index (κ3) is 6.65. The van der Waals surface area contributed by atoms with Crippen LogP contribution in [-0.4, -0.2) is 47.4 Å². The molecule has 1 N–H and O–H groups in total. The fourth-order valence-corrected chi connectivity index (χ4v) is 4.59. The van der Waals surface area contributed by atoms with Crippen LogP contribution in [0.3, 0.4) is 0 Å². The first-order valence-corrected chi connectivity index (χ1v) is 12.5. The summed E-state index contributed by atoms with van der Waals surface area (Å²) < 4.78 is 15.4. The minimum Gasteiger partial charge on any atom is -0.464 e. The van der Waals surface area contributed by atoms with E-state index in [0.717, 1.165) is 23.1 Å². The first-order valence-electron chi connectivity index (χ1n) is 11.7. The van der Waals surface area contributed by atoms with Crippen molar-refractivity contribution in [2.24, 2.45) is 0 Å². The van der Waals surface area contributed by atoms with Gasteiger partial charge in [-0.15, -0.1) is 0 Å². The van der Waals surface area contributed by atoms with Crippen LogP contribution in [0.25, 0.3) is 11.3 Å². The summed E-state index contributed by atoms with van der Waals surface area (Å²) in [4.78, 5) is 57.1. The molecule has 0 saturated heterocycles. The number of amides is 1. The van der Waals surface area contributed by atoms with Gasteiger partial charge in [-0.1, -0.05) is 42.1 Å². The maximum Gasteiger partial charge on any atom is 0.344 e. The second-order valence-electron chi connectivity index (χ2n) is 8.00. The van der Waals surface area contributed by atoms with E-state index < -0.39 is 35.6 Å². The Labute approximate surface area is 218 Å². The highest BCUT2D eigenvalue weighted by Crippen LogP contribution is 2.33. The molecule has 0 aliphatic carbocycles. The topological polar surface area (TPSA) is 125 Å². The van der Waals surface area contributed by atoms with Crippen LogP contribution in [-0.2, 0) is 23.9 Å². The molecule has 0 unspecified atom stereocenters. The summed E-state index contributed by atoms with van der Waals surface area (Å²) >= 11 is 1.34. The largest absolute Gasteiger partial charge is 0.464 e. The molecule has 1 aromatic heterocycles. The van der Waals surface area contributed by atoms with E-state index in [9.17, 15) is 19.2 Å². The van der Waals surface area contributed by atoms with Gasteiger partial charge in [0.15, 0.2) is 11.7 Å². The summed E-state index contributed by atoms with van der Waals surface area (Å²) in [5.74, 6) is -2.75. The molecule has 194 valence electrons. The molecule has 3 rings (SSSR count). The van der Waals surface area contributed by atoms with Crippen LogP contribution in [0.1, 0.15) is 43.4 Å². The predicted molar refractivity (Wildman–Crippen MR) is 136 cm³/mol. The molecule has 2 aromatic carbocycles. The van der Waals surface area contributed by atoms with Crippen molar-refractivity contribution in [3.8, 4) is 11.3 Å². The Kier molecular flexibility index (Phi) is 9.24. The van der Waals surface area contributed by atoms with Crippen molar-refractivity contribution in [3.05, 3.63) is 66.2 Å². The molecule has 3 aromatic rings. The van der Waals surface area contributed by atoms with E-state index in [-0.39, 0.29) is 18.8 Å². The number of carbonyl (C=O) groups is 4. The van der Waals surface area contributed by atoms with Gasteiger partial charge in [0.05, 0.1) is 19.6 Å². The van der Waals surface area contributed by atoms with Gasteiger partial charge in [0.2, 0.25) is 11.4 Å². The molecule has 0 radical (unpaired) electrons. The van der Waals surface area contributed by atoms with Gasteiger partial charge in [-0.2, -0.15) is 0 Å². The Morgan fingerprint density at radius 2 is 1.59 bits per heavy atom. The number of oxazole rings is 1. The van der Waals surface area contributed by atoms with Crippen molar-refractivity contribution in [3.63, 3.8) is 0 Å². The van der Waals surface area contributed by atoms with Gasteiger partial charge in [-0.3, -0.25) is 9.59 Å². The standard InChI is InChI=1S/C27H28N2O7S/c1-5-34-25(32)27(29-17(3)30,26(33)35-6-2)15-23(31)21-9-7-8-10-24(21)37-20-13-11-19(12-14-20)22-16-36-18(4)28-22/h7-14,16H,5-6,15H2,1-4H3,(H,29,30). The molecule has 1 amide bonds. The summed E-state index contributed by atoms with van der Waals surface area (Å²) in [6.45, 7) is 5.93. The lowest BCUT2D eigenvalue weighted by atomic mass is 9.89.